The first-order chi connectivity index (χ1) is 17.1. The zero-order valence-corrected chi connectivity index (χ0v) is 20.3. The summed E-state index contributed by atoms with van der Waals surface area (Å²) >= 11 is 0. The topological polar surface area (TPSA) is 35.5 Å². The number of hydrogen-bond donors (Lipinski definition) is 0. The van der Waals surface area contributed by atoms with Crippen LogP contribution in [0.5, 0.6) is 23.0 Å². The van der Waals surface area contributed by atoms with Crippen molar-refractivity contribution < 1.29 is 14.0 Å². The third kappa shape index (κ3) is 5.06. The second-order valence-electron chi connectivity index (χ2n) is 8.26. The first kappa shape index (κ1) is 22.7. The molecule has 0 aliphatic carbocycles. The van der Waals surface area contributed by atoms with Crippen LogP contribution in [0.15, 0.2) is 133 Å². The monoisotopic (exact) mass is 476 g/mol. The molecule has 0 fully saturated rings. The molecule has 172 valence electrons. The molecule has 3 nitrogen and oxygen atoms in total. The average molecular weight is 477 g/mol. The highest BCUT2D eigenvalue weighted by molar-refractivity contribution is 7.85. The van der Waals surface area contributed by atoms with E-state index in [2.05, 4.69) is 0 Å². The highest BCUT2D eigenvalue weighted by atomic mass is 31.2. The average Bonchev–Trinajstić information content (AvgIpc) is 2.91. The maximum atomic E-state index is 14.7. The predicted octanol–water partition coefficient (Wildman–Crippen LogP) is 7.22. The summed E-state index contributed by atoms with van der Waals surface area (Å²) < 4.78 is 26.6. The minimum Gasteiger partial charge on any atom is -0.457 e. The van der Waals surface area contributed by atoms with Crippen molar-refractivity contribution in [2.45, 2.75) is 6.92 Å². The molecule has 0 saturated carbocycles. The maximum Gasteiger partial charge on any atom is 0.171 e. The lowest BCUT2D eigenvalue weighted by atomic mass is 10.2. The molecule has 0 saturated heterocycles. The summed E-state index contributed by atoms with van der Waals surface area (Å²) in [6.45, 7) is 2.04. The molecule has 0 spiro atoms. The molecule has 5 rings (SSSR count). The first-order valence-electron chi connectivity index (χ1n) is 11.5. The standard InChI is InChI=1S/C31H25O3P/c1-24-12-14-26(15-13-24)34-28-18-22-31(23-19-28)35(32,29-10-6-3-7-11-29)30-20-16-27(17-21-30)33-25-8-4-2-5-9-25/h2-23H,1H3. The van der Waals surface area contributed by atoms with Gasteiger partial charge in [-0.1, -0.05) is 66.2 Å². The van der Waals surface area contributed by atoms with Crippen LogP contribution in [0, 0.1) is 6.92 Å². The van der Waals surface area contributed by atoms with Crippen molar-refractivity contribution >= 4 is 23.1 Å². The van der Waals surface area contributed by atoms with Gasteiger partial charge < -0.3 is 14.0 Å². The predicted molar refractivity (Wildman–Crippen MR) is 144 cm³/mol. The first-order valence-corrected chi connectivity index (χ1v) is 13.2. The van der Waals surface area contributed by atoms with Crippen LogP contribution in [0.3, 0.4) is 0 Å². The molecule has 0 bridgehead atoms. The molecule has 35 heavy (non-hydrogen) atoms. The van der Waals surface area contributed by atoms with Crippen LogP contribution in [0.4, 0.5) is 0 Å². The largest absolute Gasteiger partial charge is 0.457 e. The number of para-hydroxylation sites is 1. The lowest BCUT2D eigenvalue weighted by molar-refractivity contribution is 0.482. The van der Waals surface area contributed by atoms with E-state index >= 15 is 0 Å². The molecular weight excluding hydrogens is 451 g/mol. The van der Waals surface area contributed by atoms with Crippen LogP contribution in [0.2, 0.25) is 0 Å². The van der Waals surface area contributed by atoms with E-state index in [-0.39, 0.29) is 0 Å². The molecule has 4 heteroatoms. The summed E-state index contributed by atoms with van der Waals surface area (Å²) in [4.78, 5) is 0. The van der Waals surface area contributed by atoms with Gasteiger partial charge in [-0.05, 0) is 79.7 Å². The van der Waals surface area contributed by atoms with E-state index in [4.69, 9.17) is 9.47 Å². The van der Waals surface area contributed by atoms with E-state index in [1.807, 2.05) is 140 Å². The molecule has 5 aromatic carbocycles. The summed E-state index contributed by atoms with van der Waals surface area (Å²) in [6.07, 6.45) is 0. The minimum atomic E-state index is -3.10. The van der Waals surface area contributed by atoms with Gasteiger partial charge in [0, 0.05) is 15.9 Å². The van der Waals surface area contributed by atoms with E-state index in [0.717, 1.165) is 27.4 Å². The third-order valence-corrected chi connectivity index (χ3v) is 8.83. The second-order valence-corrected chi connectivity index (χ2v) is 11.0. The van der Waals surface area contributed by atoms with Crippen LogP contribution in [-0.2, 0) is 4.57 Å². The molecule has 0 heterocycles. The summed E-state index contributed by atoms with van der Waals surface area (Å²) in [5, 5.41) is 2.27. The Hall–Kier alpha value is -4.07. The van der Waals surface area contributed by atoms with E-state index in [0.29, 0.717) is 11.5 Å². The number of rotatable bonds is 7. The fourth-order valence-electron chi connectivity index (χ4n) is 3.90. The van der Waals surface area contributed by atoms with Gasteiger partial charge in [0.05, 0.1) is 0 Å². The summed E-state index contributed by atoms with van der Waals surface area (Å²) in [5.41, 5.74) is 1.18. The number of hydrogen-bond acceptors (Lipinski definition) is 3. The lowest BCUT2D eigenvalue weighted by Gasteiger charge is -2.20. The molecule has 0 radical (unpaired) electrons. The molecule has 0 aliphatic heterocycles. The fourth-order valence-corrected chi connectivity index (χ4v) is 6.52. The third-order valence-electron chi connectivity index (χ3n) is 5.76. The van der Waals surface area contributed by atoms with E-state index in [1.165, 1.54) is 5.56 Å². The van der Waals surface area contributed by atoms with Crippen molar-refractivity contribution in [3.05, 3.63) is 139 Å². The Morgan fingerprint density at radius 3 is 1.23 bits per heavy atom. The van der Waals surface area contributed by atoms with Gasteiger partial charge in [-0.2, -0.15) is 0 Å². The van der Waals surface area contributed by atoms with E-state index in [9.17, 15) is 4.57 Å². The molecule has 0 amide bonds. The zero-order valence-electron chi connectivity index (χ0n) is 19.4. The molecule has 1 unspecified atom stereocenters. The highest BCUT2D eigenvalue weighted by Crippen LogP contribution is 2.43. The van der Waals surface area contributed by atoms with Crippen molar-refractivity contribution in [1.82, 2.24) is 0 Å². The summed E-state index contributed by atoms with van der Waals surface area (Å²) in [7, 11) is -3.10. The normalized spacial score (nSPS) is 12.5. The number of benzene rings is 5. The molecule has 0 aliphatic rings. The lowest BCUT2D eigenvalue weighted by Crippen LogP contribution is -2.24. The molecule has 1 atom stereocenters. The van der Waals surface area contributed by atoms with Gasteiger partial charge in [-0.25, -0.2) is 0 Å². The molecule has 0 N–H and O–H groups in total. The maximum absolute atomic E-state index is 14.7. The fraction of sp³-hybridized carbons (Fsp3) is 0.0323. The summed E-state index contributed by atoms with van der Waals surface area (Å²) in [5.74, 6) is 2.92. The van der Waals surface area contributed by atoms with Crippen molar-refractivity contribution in [3.8, 4) is 23.0 Å². The highest BCUT2D eigenvalue weighted by Gasteiger charge is 2.29. The van der Waals surface area contributed by atoms with Gasteiger partial charge in [-0.15, -0.1) is 0 Å². The molecule has 5 aromatic rings. The van der Waals surface area contributed by atoms with Crippen LogP contribution in [0.1, 0.15) is 5.56 Å². The zero-order chi connectivity index (χ0) is 24.1. The smallest absolute Gasteiger partial charge is 0.171 e. The second kappa shape index (κ2) is 10.0. The van der Waals surface area contributed by atoms with Crippen LogP contribution in [-0.4, -0.2) is 0 Å². The van der Waals surface area contributed by atoms with Gasteiger partial charge in [0.15, 0.2) is 7.14 Å². The Morgan fingerprint density at radius 1 is 0.429 bits per heavy atom. The van der Waals surface area contributed by atoms with Crippen molar-refractivity contribution in [3.63, 3.8) is 0 Å². The summed E-state index contributed by atoms with van der Waals surface area (Å²) in [6, 6.07) is 42.2. The van der Waals surface area contributed by atoms with Crippen molar-refractivity contribution in [2.75, 3.05) is 0 Å². The van der Waals surface area contributed by atoms with Gasteiger partial charge >= 0.3 is 0 Å². The molecule has 0 aromatic heterocycles. The van der Waals surface area contributed by atoms with Gasteiger partial charge in [0.1, 0.15) is 23.0 Å². The van der Waals surface area contributed by atoms with Gasteiger partial charge in [0.2, 0.25) is 0 Å². The Morgan fingerprint density at radius 2 is 0.771 bits per heavy atom. The minimum absolute atomic E-state index is 0.696. The molecular formula is C31H25O3P. The SMILES string of the molecule is Cc1ccc(Oc2ccc(P(=O)(c3ccccc3)c3ccc(Oc4ccccc4)cc3)cc2)cc1. The van der Waals surface area contributed by atoms with Crippen LogP contribution < -0.4 is 25.4 Å². The van der Waals surface area contributed by atoms with Crippen molar-refractivity contribution in [2.24, 2.45) is 0 Å². The Labute approximate surface area is 206 Å². The van der Waals surface area contributed by atoms with Crippen molar-refractivity contribution in [1.29, 1.82) is 0 Å². The Bertz CT molecular complexity index is 1430. The quantitative estimate of drug-likeness (QED) is 0.233. The number of ether oxygens (including phenoxy) is 2. The van der Waals surface area contributed by atoms with E-state index < -0.39 is 7.14 Å². The van der Waals surface area contributed by atoms with Crippen LogP contribution >= 0.6 is 7.14 Å². The number of aryl methyl sites for hydroxylation is 1. The van der Waals surface area contributed by atoms with Gasteiger partial charge in [0.25, 0.3) is 0 Å². The Kier molecular flexibility index (Phi) is 6.52. The van der Waals surface area contributed by atoms with E-state index in [1.54, 1.807) is 0 Å². The van der Waals surface area contributed by atoms with Gasteiger partial charge in [-0.3, -0.25) is 0 Å². The Balaban J connectivity index is 1.46. The van der Waals surface area contributed by atoms with Crippen LogP contribution in [0.25, 0.3) is 0 Å².